The third-order valence-corrected chi connectivity index (χ3v) is 4.31. The molecule has 0 spiro atoms. The predicted octanol–water partition coefficient (Wildman–Crippen LogP) is 0.190. The summed E-state index contributed by atoms with van der Waals surface area (Å²) in [7, 11) is 3.97. The fourth-order valence-corrected chi connectivity index (χ4v) is 3.08. The average molecular weight is 355 g/mol. The van der Waals surface area contributed by atoms with Crippen molar-refractivity contribution in [3.63, 3.8) is 0 Å². The fraction of sp³-hybridized carbons (Fsp3) is 0.857. The second kappa shape index (κ2) is 9.55. The number of halogens is 2. The van der Waals surface area contributed by atoms with E-state index in [0.717, 1.165) is 25.9 Å². The molecule has 2 amide bonds. The Kier molecular flexibility index (Phi) is 9.31. The van der Waals surface area contributed by atoms with Gasteiger partial charge < -0.3 is 20.4 Å². The second-order valence-electron chi connectivity index (χ2n) is 6.11. The van der Waals surface area contributed by atoms with Crippen LogP contribution >= 0.6 is 24.8 Å². The van der Waals surface area contributed by atoms with Gasteiger partial charge in [0.25, 0.3) is 0 Å². The number of hydrogen-bond acceptors (Lipinski definition) is 4. The highest BCUT2D eigenvalue weighted by atomic mass is 35.5. The summed E-state index contributed by atoms with van der Waals surface area (Å²) in [6, 6.07) is 0.174. The van der Waals surface area contributed by atoms with E-state index in [1.807, 2.05) is 28.8 Å². The molecule has 6 nitrogen and oxygen atoms in total. The molecule has 2 fully saturated rings. The van der Waals surface area contributed by atoms with Crippen LogP contribution in [0.5, 0.6) is 0 Å². The summed E-state index contributed by atoms with van der Waals surface area (Å²) in [5.41, 5.74) is 5.72. The topological polar surface area (TPSA) is 69.9 Å². The molecule has 2 saturated heterocycles. The van der Waals surface area contributed by atoms with Gasteiger partial charge in [-0.1, -0.05) is 0 Å². The molecule has 2 aliphatic rings. The van der Waals surface area contributed by atoms with Crippen LogP contribution in [-0.4, -0.2) is 79.4 Å². The summed E-state index contributed by atoms with van der Waals surface area (Å²) < 4.78 is 0. The quantitative estimate of drug-likeness (QED) is 0.765. The van der Waals surface area contributed by atoms with Crippen molar-refractivity contribution in [2.45, 2.75) is 25.3 Å². The van der Waals surface area contributed by atoms with Crippen LogP contribution < -0.4 is 5.73 Å². The molecule has 2 rings (SSSR count). The lowest BCUT2D eigenvalue weighted by Crippen LogP contribution is -2.43. The number of rotatable bonds is 5. The molecule has 0 aromatic heterocycles. The van der Waals surface area contributed by atoms with Crippen LogP contribution in [0.25, 0.3) is 0 Å². The predicted molar refractivity (Wildman–Crippen MR) is 91.5 cm³/mol. The van der Waals surface area contributed by atoms with Crippen LogP contribution in [0.2, 0.25) is 0 Å². The maximum absolute atomic E-state index is 12.5. The Balaban J connectivity index is 0.00000220. The van der Waals surface area contributed by atoms with Crippen molar-refractivity contribution in [2.75, 3.05) is 46.8 Å². The SMILES string of the molecule is CN(C)CCN1CC(C(=O)N2CCCC2CN)CC1=O.Cl.Cl. The van der Waals surface area contributed by atoms with Crippen molar-refractivity contribution in [3.05, 3.63) is 0 Å². The van der Waals surface area contributed by atoms with E-state index < -0.39 is 0 Å². The number of hydrogen-bond donors (Lipinski definition) is 1. The maximum atomic E-state index is 12.5. The molecule has 2 N–H and O–H groups in total. The van der Waals surface area contributed by atoms with Gasteiger partial charge in [0.05, 0.1) is 5.92 Å². The highest BCUT2D eigenvalue weighted by Gasteiger charge is 2.39. The molecule has 22 heavy (non-hydrogen) atoms. The van der Waals surface area contributed by atoms with Crippen LogP contribution in [0.4, 0.5) is 0 Å². The first-order chi connectivity index (χ1) is 9.52. The van der Waals surface area contributed by atoms with Crippen LogP contribution in [0, 0.1) is 5.92 Å². The van der Waals surface area contributed by atoms with Gasteiger partial charge in [0.2, 0.25) is 11.8 Å². The molecular weight excluding hydrogens is 327 g/mol. The maximum Gasteiger partial charge on any atom is 0.228 e. The number of nitrogens with zero attached hydrogens (tertiary/aromatic N) is 3. The molecule has 2 aliphatic heterocycles. The van der Waals surface area contributed by atoms with E-state index in [2.05, 4.69) is 0 Å². The van der Waals surface area contributed by atoms with Gasteiger partial charge in [-0.3, -0.25) is 9.59 Å². The molecule has 0 radical (unpaired) electrons. The molecule has 0 aromatic rings. The summed E-state index contributed by atoms with van der Waals surface area (Å²) in [5.74, 6) is 0.0594. The first kappa shape index (κ1) is 21.4. The number of amides is 2. The van der Waals surface area contributed by atoms with Crippen molar-refractivity contribution < 1.29 is 9.59 Å². The van der Waals surface area contributed by atoms with Crippen LogP contribution in [0.15, 0.2) is 0 Å². The lowest BCUT2D eigenvalue weighted by Gasteiger charge is -2.26. The largest absolute Gasteiger partial charge is 0.341 e. The van der Waals surface area contributed by atoms with E-state index in [9.17, 15) is 9.59 Å². The van der Waals surface area contributed by atoms with E-state index >= 15 is 0 Å². The zero-order valence-corrected chi connectivity index (χ0v) is 15.0. The molecule has 0 aromatic carbocycles. The van der Waals surface area contributed by atoms with E-state index in [-0.39, 0.29) is 48.6 Å². The van der Waals surface area contributed by atoms with Gasteiger partial charge in [-0.25, -0.2) is 0 Å². The minimum atomic E-state index is -0.170. The third kappa shape index (κ3) is 4.98. The van der Waals surface area contributed by atoms with Crippen LogP contribution in [0.3, 0.4) is 0 Å². The van der Waals surface area contributed by atoms with E-state index in [0.29, 0.717) is 26.1 Å². The number of carbonyl (C=O) groups excluding carboxylic acids is 2. The Morgan fingerprint density at radius 2 is 2.05 bits per heavy atom. The molecule has 2 atom stereocenters. The van der Waals surface area contributed by atoms with Crippen LogP contribution in [-0.2, 0) is 9.59 Å². The van der Waals surface area contributed by atoms with Gasteiger partial charge in [-0.2, -0.15) is 0 Å². The lowest BCUT2D eigenvalue weighted by molar-refractivity contribution is -0.136. The van der Waals surface area contributed by atoms with Crippen molar-refractivity contribution in [3.8, 4) is 0 Å². The van der Waals surface area contributed by atoms with Gasteiger partial charge in [-0.15, -0.1) is 24.8 Å². The standard InChI is InChI=1S/C14H26N4O2.2ClH/c1-16(2)6-7-17-10-11(8-13(17)19)14(20)18-5-3-4-12(18)9-15;;/h11-12H,3-10,15H2,1-2H3;2*1H. The Labute approximate surface area is 145 Å². The molecule has 130 valence electrons. The Hall–Kier alpha value is -0.560. The molecular formula is C14H28Cl2N4O2. The number of likely N-dealkylation sites (tertiary alicyclic amines) is 2. The summed E-state index contributed by atoms with van der Waals surface area (Å²) in [4.78, 5) is 30.3. The van der Waals surface area contributed by atoms with Crippen molar-refractivity contribution >= 4 is 36.6 Å². The summed E-state index contributed by atoms with van der Waals surface area (Å²) >= 11 is 0. The average Bonchev–Trinajstić information content (AvgIpc) is 3.01. The minimum absolute atomic E-state index is 0. The molecule has 0 bridgehead atoms. The number of likely N-dealkylation sites (N-methyl/N-ethyl adjacent to an activating group) is 1. The van der Waals surface area contributed by atoms with Crippen molar-refractivity contribution in [1.82, 2.24) is 14.7 Å². The smallest absolute Gasteiger partial charge is 0.228 e. The highest BCUT2D eigenvalue weighted by Crippen LogP contribution is 2.24. The van der Waals surface area contributed by atoms with E-state index in [1.54, 1.807) is 0 Å². The first-order valence-electron chi connectivity index (χ1n) is 7.46. The highest BCUT2D eigenvalue weighted by molar-refractivity contribution is 5.89. The molecule has 0 aliphatic carbocycles. The summed E-state index contributed by atoms with van der Waals surface area (Å²) in [6.45, 7) is 3.43. The summed E-state index contributed by atoms with van der Waals surface area (Å²) in [6.07, 6.45) is 2.38. The van der Waals surface area contributed by atoms with Crippen LogP contribution in [0.1, 0.15) is 19.3 Å². The second-order valence-corrected chi connectivity index (χ2v) is 6.11. The van der Waals surface area contributed by atoms with Gasteiger partial charge >= 0.3 is 0 Å². The first-order valence-corrected chi connectivity index (χ1v) is 7.46. The van der Waals surface area contributed by atoms with E-state index in [4.69, 9.17) is 5.73 Å². The Bertz CT molecular complexity index is 382. The fourth-order valence-electron chi connectivity index (χ4n) is 3.08. The zero-order chi connectivity index (χ0) is 14.7. The van der Waals surface area contributed by atoms with Gasteiger partial charge in [0.15, 0.2) is 0 Å². The van der Waals surface area contributed by atoms with Crippen molar-refractivity contribution in [1.29, 1.82) is 0 Å². The summed E-state index contributed by atoms with van der Waals surface area (Å²) in [5, 5.41) is 0. The number of carbonyl (C=O) groups is 2. The molecule has 8 heteroatoms. The normalized spacial score (nSPS) is 24.5. The molecule has 2 unspecified atom stereocenters. The monoisotopic (exact) mass is 354 g/mol. The van der Waals surface area contributed by atoms with Gasteiger partial charge in [0, 0.05) is 45.2 Å². The molecule has 0 saturated carbocycles. The lowest BCUT2D eigenvalue weighted by atomic mass is 10.1. The van der Waals surface area contributed by atoms with Crippen molar-refractivity contribution in [2.24, 2.45) is 11.7 Å². The Morgan fingerprint density at radius 1 is 1.36 bits per heavy atom. The van der Waals surface area contributed by atoms with E-state index in [1.165, 1.54) is 0 Å². The van der Waals surface area contributed by atoms with Gasteiger partial charge in [0.1, 0.15) is 0 Å². The zero-order valence-electron chi connectivity index (χ0n) is 13.4. The number of nitrogens with two attached hydrogens (primary N) is 1. The van der Waals surface area contributed by atoms with Gasteiger partial charge in [-0.05, 0) is 26.9 Å². The third-order valence-electron chi connectivity index (χ3n) is 4.31. The minimum Gasteiger partial charge on any atom is -0.341 e. The molecule has 2 heterocycles. The Morgan fingerprint density at radius 3 is 2.64 bits per heavy atom.